The van der Waals surface area contributed by atoms with E-state index in [0.717, 1.165) is 0 Å². The molecule has 2 unspecified atom stereocenters. The number of hydrogen-bond donors (Lipinski definition) is 6. The van der Waals surface area contributed by atoms with E-state index in [1.165, 1.54) is 0 Å². The lowest BCUT2D eigenvalue weighted by atomic mass is 9.89. The average molecular weight is 736 g/mol. The van der Waals surface area contributed by atoms with Crippen molar-refractivity contribution >= 4 is 27.1 Å². The minimum Gasteiger partial charge on any atom is -0.465 e. The third-order valence-corrected chi connectivity index (χ3v) is 12.4. The minimum atomic E-state index is -5.26. The Hall–Kier alpha value is -1.00. The number of rotatable bonds is 27. The van der Waals surface area contributed by atoms with E-state index in [9.17, 15) is 33.6 Å². The fourth-order valence-electron chi connectivity index (χ4n) is 4.17. The molecule has 0 aromatic heterocycles. The van der Waals surface area contributed by atoms with E-state index in [0.29, 0.717) is 25.7 Å². The van der Waals surface area contributed by atoms with Gasteiger partial charge in [0.1, 0.15) is 12.1 Å². The summed E-state index contributed by atoms with van der Waals surface area (Å²) in [6, 6.07) is -1.41. The van der Waals surface area contributed by atoms with Gasteiger partial charge in [0.25, 0.3) is 5.08 Å². The van der Waals surface area contributed by atoms with Crippen LogP contribution in [0.5, 0.6) is 0 Å². The summed E-state index contributed by atoms with van der Waals surface area (Å²) in [7, 11) is -10.5. The van der Waals surface area contributed by atoms with Crippen LogP contribution < -0.4 is 17.2 Å². The predicted molar refractivity (Wildman–Crippen MR) is 180 cm³/mol. The van der Waals surface area contributed by atoms with Gasteiger partial charge in [-0.1, -0.05) is 55.4 Å². The Morgan fingerprint density at radius 3 is 1.35 bits per heavy atom. The number of carbonyl (C=O) groups excluding carboxylic acids is 2. The van der Waals surface area contributed by atoms with Gasteiger partial charge >= 0.3 is 27.1 Å². The maximum Gasteiger partial charge on any atom is 0.374 e. The van der Waals surface area contributed by atoms with Gasteiger partial charge < -0.3 is 51.0 Å². The number of hydrogen-bond acceptors (Lipinski definition) is 14. The molecule has 0 saturated carbocycles. The van der Waals surface area contributed by atoms with Crippen LogP contribution in [-0.4, -0.2) is 90.6 Å². The van der Waals surface area contributed by atoms with Crippen molar-refractivity contribution in [2.24, 2.45) is 39.9 Å². The molecule has 0 bridgehead atoms. The lowest BCUT2D eigenvalue weighted by Crippen LogP contribution is -2.37. The lowest BCUT2D eigenvalue weighted by molar-refractivity contribution is -0.147. The van der Waals surface area contributed by atoms with Gasteiger partial charge in [0.05, 0.1) is 26.4 Å². The van der Waals surface area contributed by atoms with Crippen LogP contribution in [0.25, 0.3) is 0 Å². The molecule has 18 heteroatoms. The summed E-state index contributed by atoms with van der Waals surface area (Å²) >= 11 is 0. The number of nitrogens with two attached hydrogens (primary N) is 3. The van der Waals surface area contributed by atoms with Crippen molar-refractivity contribution in [1.82, 2.24) is 0 Å². The van der Waals surface area contributed by atoms with E-state index < -0.39 is 75.1 Å². The third kappa shape index (κ3) is 16.8. The van der Waals surface area contributed by atoms with Crippen molar-refractivity contribution in [1.29, 1.82) is 0 Å². The molecule has 48 heavy (non-hydrogen) atoms. The molecule has 0 radical (unpaired) electrons. The Bertz CT molecular complexity index is 985. The third-order valence-electron chi connectivity index (χ3n) is 7.69. The predicted octanol–water partition coefficient (Wildman–Crippen LogP) is 3.39. The fourth-order valence-corrected chi connectivity index (χ4v) is 7.52. The summed E-state index contributed by atoms with van der Waals surface area (Å²) in [4.78, 5) is 45.1. The van der Waals surface area contributed by atoms with Crippen LogP contribution in [0, 0.1) is 22.7 Å². The minimum absolute atomic E-state index is 0.0491. The Morgan fingerprint density at radius 2 is 1.04 bits per heavy atom. The first-order valence-electron chi connectivity index (χ1n) is 16.3. The molecule has 9 N–H and O–H groups in total. The van der Waals surface area contributed by atoms with Crippen molar-refractivity contribution in [3.8, 4) is 0 Å². The van der Waals surface area contributed by atoms with Gasteiger partial charge in [-0.15, -0.1) is 0 Å². The number of carbonyl (C=O) groups is 2. The molecule has 4 atom stereocenters. The van der Waals surface area contributed by atoms with Gasteiger partial charge in [0.15, 0.2) is 13.6 Å². The van der Waals surface area contributed by atoms with E-state index in [2.05, 4.69) is 0 Å². The summed E-state index contributed by atoms with van der Waals surface area (Å²) in [6.07, 6.45) is 1.37. The molecule has 0 aromatic carbocycles. The highest BCUT2D eigenvalue weighted by Crippen LogP contribution is 2.73. The lowest BCUT2D eigenvalue weighted by Gasteiger charge is -2.34. The summed E-state index contributed by atoms with van der Waals surface area (Å²) in [6.45, 7) is 13.6. The van der Waals surface area contributed by atoms with E-state index in [4.69, 9.17) is 45.2 Å². The van der Waals surface area contributed by atoms with Crippen LogP contribution in [0.3, 0.4) is 0 Å². The highest BCUT2D eigenvalue weighted by atomic mass is 31.2. The molecule has 0 aliphatic carbocycles. The van der Waals surface area contributed by atoms with Crippen LogP contribution in [-0.2, 0) is 46.7 Å². The Morgan fingerprint density at radius 1 is 0.688 bits per heavy atom. The van der Waals surface area contributed by atoms with E-state index in [1.807, 2.05) is 55.4 Å². The van der Waals surface area contributed by atoms with Gasteiger partial charge in [0.2, 0.25) is 0 Å². The molecule has 0 amide bonds. The van der Waals surface area contributed by atoms with Crippen molar-refractivity contribution in [3.63, 3.8) is 0 Å². The molecule has 0 saturated heterocycles. The molecule has 0 rings (SSSR count). The van der Waals surface area contributed by atoms with Crippen LogP contribution in [0.4, 0.5) is 0 Å². The first-order valence-corrected chi connectivity index (χ1v) is 19.5. The molecule has 0 aliphatic heterocycles. The molecule has 0 heterocycles. The van der Waals surface area contributed by atoms with Gasteiger partial charge in [-0.3, -0.25) is 27.8 Å². The maximum absolute atomic E-state index is 13.2. The maximum atomic E-state index is 13.2. The van der Waals surface area contributed by atoms with Gasteiger partial charge in [-0.05, 0) is 61.3 Å². The standard InChI is InChI=1S/C30H63N3O13P2/c1-22(2)24(32)26(34)43-16-10-12-28(5,6)18-41-20-45-47(37,38)30(36,14-9-15-31)48(39,40)46-21-42-19-29(7,8)13-11-17-44-27(35)25(33)23(3)4/h22-25,36H,9-21,31-33H2,1-8H3,(H,37,38)(H,39,40)/t24-,25-/m0/s1. The molecule has 0 aromatic rings. The highest BCUT2D eigenvalue weighted by molar-refractivity contribution is 7.72. The van der Waals surface area contributed by atoms with E-state index >= 15 is 0 Å². The van der Waals surface area contributed by atoms with Crippen molar-refractivity contribution in [2.45, 2.75) is 111 Å². The van der Waals surface area contributed by atoms with E-state index in [1.54, 1.807) is 0 Å². The number of esters is 2. The molecular weight excluding hydrogens is 672 g/mol. The highest BCUT2D eigenvalue weighted by Gasteiger charge is 2.62. The quantitative estimate of drug-likeness (QED) is 0.0306. The normalized spacial score (nSPS) is 17.8. The van der Waals surface area contributed by atoms with Crippen LogP contribution in [0.15, 0.2) is 0 Å². The van der Waals surface area contributed by atoms with Crippen LogP contribution in [0.1, 0.15) is 93.9 Å². The molecule has 0 fully saturated rings. The number of ether oxygens (including phenoxy) is 4. The summed E-state index contributed by atoms with van der Waals surface area (Å²) < 4.78 is 57.5. The zero-order chi connectivity index (χ0) is 37.4. The van der Waals surface area contributed by atoms with Crippen LogP contribution in [0.2, 0.25) is 0 Å². The van der Waals surface area contributed by atoms with Crippen molar-refractivity contribution < 1.29 is 61.6 Å². The van der Waals surface area contributed by atoms with Gasteiger partial charge in [-0.25, -0.2) is 0 Å². The largest absolute Gasteiger partial charge is 0.465 e. The monoisotopic (exact) mass is 735 g/mol. The van der Waals surface area contributed by atoms with Gasteiger partial charge in [-0.2, -0.15) is 0 Å². The topological polar surface area (TPSA) is 262 Å². The summed E-state index contributed by atoms with van der Waals surface area (Å²) in [5.41, 5.74) is 16.1. The SMILES string of the molecule is CC(C)[C@H](N)C(=O)OCCCC(C)(C)COCOP(=O)(O)C(O)(CCCN)P(=O)(O)OCOCC(C)(C)CCCOC(=O)[C@@H](N)C(C)C. The molecule has 0 aliphatic rings. The van der Waals surface area contributed by atoms with Gasteiger partial charge in [0, 0.05) is 6.42 Å². The average Bonchev–Trinajstić information content (AvgIpc) is 2.99. The smallest absolute Gasteiger partial charge is 0.374 e. The second-order valence-electron chi connectivity index (χ2n) is 14.3. The van der Waals surface area contributed by atoms with Crippen molar-refractivity contribution in [3.05, 3.63) is 0 Å². The number of aliphatic hydroxyl groups is 1. The van der Waals surface area contributed by atoms with Crippen LogP contribution >= 0.6 is 15.2 Å². The zero-order valence-corrected chi connectivity index (χ0v) is 31.8. The first kappa shape index (κ1) is 47.0. The molecule has 0 spiro atoms. The molecule has 286 valence electrons. The Labute approximate surface area is 286 Å². The van der Waals surface area contributed by atoms with E-state index in [-0.39, 0.29) is 51.2 Å². The molecular formula is C30H63N3O13P2. The fraction of sp³-hybridized carbons (Fsp3) is 0.933. The summed E-state index contributed by atoms with van der Waals surface area (Å²) in [5.74, 6) is -1.05. The second-order valence-corrected chi connectivity index (χ2v) is 18.7. The zero-order valence-electron chi connectivity index (χ0n) is 30.1. The Balaban J connectivity index is 4.95. The van der Waals surface area contributed by atoms with Crippen molar-refractivity contribution in [2.75, 3.05) is 46.6 Å². The second kappa shape index (κ2) is 21.4. The Kier molecular flexibility index (Phi) is 20.9. The molecule has 16 nitrogen and oxygen atoms in total. The summed E-state index contributed by atoms with van der Waals surface area (Å²) in [5, 5.41) is 7.89. The first-order chi connectivity index (χ1) is 22.0.